The molecule has 5 nitrogen and oxygen atoms in total. The maximum Gasteiger partial charge on any atom is 0.236 e. The van der Waals surface area contributed by atoms with Gasteiger partial charge < -0.3 is 10.5 Å². The number of aromatic nitrogens is 2. The molecule has 0 radical (unpaired) electrons. The van der Waals surface area contributed by atoms with Gasteiger partial charge in [-0.3, -0.25) is 9.88 Å². The van der Waals surface area contributed by atoms with Gasteiger partial charge in [-0.15, -0.1) is 0 Å². The Kier molecular flexibility index (Phi) is 3.69. The van der Waals surface area contributed by atoms with Gasteiger partial charge in [0.25, 0.3) is 0 Å². The highest BCUT2D eigenvalue weighted by molar-refractivity contribution is 5.17. The molecule has 0 saturated carbocycles. The molecule has 16 heavy (non-hydrogen) atoms. The molecule has 2 heterocycles. The van der Waals surface area contributed by atoms with Crippen LogP contribution in [0.2, 0.25) is 0 Å². The van der Waals surface area contributed by atoms with Crippen molar-refractivity contribution in [1.82, 2.24) is 14.9 Å². The van der Waals surface area contributed by atoms with Crippen molar-refractivity contribution < 1.29 is 4.74 Å². The molecule has 0 aromatic carbocycles. The highest BCUT2D eigenvalue weighted by Gasteiger charge is 2.24. The Balaban J connectivity index is 2.08. The van der Waals surface area contributed by atoms with Crippen LogP contribution in [0.4, 0.5) is 0 Å². The maximum absolute atomic E-state index is 5.74. The molecule has 1 saturated heterocycles. The lowest BCUT2D eigenvalue weighted by Crippen LogP contribution is -2.35. The van der Waals surface area contributed by atoms with Gasteiger partial charge in [0.1, 0.15) is 5.69 Å². The molecule has 2 N–H and O–H groups in total. The molecule has 1 aliphatic rings. The van der Waals surface area contributed by atoms with Crippen molar-refractivity contribution in [3.63, 3.8) is 0 Å². The average Bonchev–Trinajstić information content (AvgIpc) is 2.77. The third kappa shape index (κ3) is 2.31. The molecule has 88 valence electrons. The van der Waals surface area contributed by atoms with Crippen LogP contribution < -0.4 is 10.5 Å². The molecule has 1 aliphatic heterocycles. The molecular weight excluding hydrogens is 204 g/mol. The number of likely N-dealkylation sites (tertiary alicyclic amines) is 1. The van der Waals surface area contributed by atoms with E-state index >= 15 is 0 Å². The van der Waals surface area contributed by atoms with E-state index in [-0.39, 0.29) is 0 Å². The number of rotatable bonds is 4. The number of nitrogens with zero attached hydrogens (tertiary/aromatic N) is 3. The van der Waals surface area contributed by atoms with Crippen LogP contribution in [0.1, 0.15) is 18.5 Å². The molecule has 1 fully saturated rings. The van der Waals surface area contributed by atoms with Gasteiger partial charge >= 0.3 is 0 Å². The fraction of sp³-hybridized carbons (Fsp3) is 0.636. The van der Waals surface area contributed by atoms with Gasteiger partial charge in [0.05, 0.1) is 7.11 Å². The summed E-state index contributed by atoms with van der Waals surface area (Å²) >= 11 is 0. The van der Waals surface area contributed by atoms with Gasteiger partial charge in [-0.25, -0.2) is 4.98 Å². The summed E-state index contributed by atoms with van der Waals surface area (Å²) in [5, 5.41) is 0. The highest BCUT2D eigenvalue weighted by atomic mass is 16.5. The van der Waals surface area contributed by atoms with Crippen molar-refractivity contribution in [2.75, 3.05) is 20.2 Å². The first-order valence-electron chi connectivity index (χ1n) is 5.63. The Morgan fingerprint density at radius 2 is 2.31 bits per heavy atom. The van der Waals surface area contributed by atoms with E-state index in [1.165, 1.54) is 12.8 Å². The maximum atomic E-state index is 5.74. The van der Waals surface area contributed by atoms with Gasteiger partial charge in [0, 0.05) is 31.5 Å². The summed E-state index contributed by atoms with van der Waals surface area (Å²) < 4.78 is 5.19. The topological polar surface area (TPSA) is 64.3 Å². The summed E-state index contributed by atoms with van der Waals surface area (Å²) in [5.74, 6) is 0.616. The Hall–Kier alpha value is -1.20. The minimum absolute atomic E-state index is 0.478. The molecule has 0 amide bonds. The second kappa shape index (κ2) is 5.23. The van der Waals surface area contributed by atoms with Crippen LogP contribution in [0.25, 0.3) is 0 Å². The number of methoxy groups -OCH3 is 1. The monoisotopic (exact) mass is 222 g/mol. The normalized spacial score (nSPS) is 21.2. The Bertz CT molecular complexity index is 345. The van der Waals surface area contributed by atoms with E-state index < -0.39 is 0 Å². The first kappa shape index (κ1) is 11.3. The van der Waals surface area contributed by atoms with Crippen molar-refractivity contribution in [2.24, 2.45) is 5.73 Å². The van der Waals surface area contributed by atoms with Crippen LogP contribution in [-0.2, 0) is 6.54 Å². The zero-order valence-corrected chi connectivity index (χ0v) is 9.59. The minimum Gasteiger partial charge on any atom is -0.480 e. The molecular formula is C11H18N4O. The largest absolute Gasteiger partial charge is 0.480 e. The van der Waals surface area contributed by atoms with Crippen LogP contribution in [0, 0.1) is 0 Å². The molecule has 0 spiro atoms. The predicted octanol–water partition coefficient (Wildman–Crippen LogP) is 0.408. The summed E-state index contributed by atoms with van der Waals surface area (Å²) in [6.45, 7) is 2.57. The van der Waals surface area contributed by atoms with Crippen molar-refractivity contribution >= 4 is 0 Å². The highest BCUT2D eigenvalue weighted by Crippen LogP contribution is 2.21. The van der Waals surface area contributed by atoms with Crippen molar-refractivity contribution in [1.29, 1.82) is 0 Å². The van der Waals surface area contributed by atoms with Gasteiger partial charge in [-0.1, -0.05) is 0 Å². The van der Waals surface area contributed by atoms with Crippen molar-refractivity contribution in [3.05, 3.63) is 18.1 Å². The van der Waals surface area contributed by atoms with Crippen LogP contribution in [0.5, 0.6) is 5.88 Å². The van der Waals surface area contributed by atoms with E-state index in [0.29, 0.717) is 18.5 Å². The fourth-order valence-electron chi connectivity index (χ4n) is 2.20. The van der Waals surface area contributed by atoms with E-state index in [9.17, 15) is 0 Å². The molecule has 1 unspecified atom stereocenters. The standard InChI is InChI=1S/C11H18N4O/c1-16-11-10(13-4-5-14-11)8-15-6-2-3-9(15)7-12/h4-5,9H,2-3,6-8,12H2,1H3. The third-order valence-corrected chi connectivity index (χ3v) is 3.05. The quantitative estimate of drug-likeness (QED) is 0.799. The molecule has 1 aromatic rings. The smallest absolute Gasteiger partial charge is 0.236 e. The lowest BCUT2D eigenvalue weighted by Gasteiger charge is -2.22. The zero-order chi connectivity index (χ0) is 11.4. The zero-order valence-electron chi connectivity index (χ0n) is 9.59. The SMILES string of the molecule is COc1nccnc1CN1CCCC1CN. The lowest BCUT2D eigenvalue weighted by atomic mass is 10.2. The number of ether oxygens (including phenoxy) is 1. The lowest BCUT2D eigenvalue weighted by molar-refractivity contribution is 0.241. The average molecular weight is 222 g/mol. The second-order valence-corrected chi connectivity index (χ2v) is 4.01. The molecule has 1 aromatic heterocycles. The molecule has 1 atom stereocenters. The molecule has 5 heteroatoms. The van der Waals surface area contributed by atoms with E-state index in [2.05, 4.69) is 14.9 Å². The van der Waals surface area contributed by atoms with Gasteiger partial charge in [0.15, 0.2) is 0 Å². The Morgan fingerprint density at radius 3 is 3.06 bits per heavy atom. The Labute approximate surface area is 95.6 Å². The van der Waals surface area contributed by atoms with Crippen LogP contribution in [-0.4, -0.2) is 41.1 Å². The summed E-state index contributed by atoms with van der Waals surface area (Å²) in [6, 6.07) is 0.478. The van der Waals surface area contributed by atoms with Crippen molar-refractivity contribution in [3.8, 4) is 5.88 Å². The minimum atomic E-state index is 0.478. The van der Waals surface area contributed by atoms with Gasteiger partial charge in [-0.05, 0) is 19.4 Å². The van der Waals surface area contributed by atoms with Crippen LogP contribution in [0.3, 0.4) is 0 Å². The second-order valence-electron chi connectivity index (χ2n) is 4.01. The third-order valence-electron chi connectivity index (χ3n) is 3.05. The number of hydrogen-bond acceptors (Lipinski definition) is 5. The predicted molar refractivity (Wildman–Crippen MR) is 61.1 cm³/mol. The molecule has 0 aliphatic carbocycles. The summed E-state index contributed by atoms with van der Waals surface area (Å²) in [4.78, 5) is 10.8. The first-order chi connectivity index (χ1) is 7.85. The summed E-state index contributed by atoms with van der Waals surface area (Å²) in [6.07, 6.45) is 5.74. The number of hydrogen-bond donors (Lipinski definition) is 1. The molecule has 2 rings (SSSR count). The van der Waals surface area contributed by atoms with Crippen LogP contribution >= 0.6 is 0 Å². The van der Waals surface area contributed by atoms with Crippen molar-refractivity contribution in [2.45, 2.75) is 25.4 Å². The van der Waals surface area contributed by atoms with Gasteiger partial charge in [0.2, 0.25) is 5.88 Å². The first-order valence-corrected chi connectivity index (χ1v) is 5.63. The van der Waals surface area contributed by atoms with E-state index in [0.717, 1.165) is 18.8 Å². The fourth-order valence-corrected chi connectivity index (χ4v) is 2.20. The Morgan fingerprint density at radius 1 is 1.50 bits per heavy atom. The summed E-state index contributed by atoms with van der Waals surface area (Å²) in [7, 11) is 1.62. The van der Waals surface area contributed by atoms with Crippen LogP contribution in [0.15, 0.2) is 12.4 Å². The van der Waals surface area contributed by atoms with E-state index in [1.807, 2.05) is 0 Å². The number of nitrogens with two attached hydrogens (primary N) is 1. The van der Waals surface area contributed by atoms with E-state index in [1.54, 1.807) is 19.5 Å². The molecule has 0 bridgehead atoms. The van der Waals surface area contributed by atoms with Gasteiger partial charge in [-0.2, -0.15) is 0 Å². The summed E-state index contributed by atoms with van der Waals surface area (Å²) in [5.41, 5.74) is 6.63. The van der Waals surface area contributed by atoms with E-state index in [4.69, 9.17) is 10.5 Å².